The molecule has 0 saturated carbocycles. The lowest BCUT2D eigenvalue weighted by Gasteiger charge is -2.45. The highest BCUT2D eigenvalue weighted by molar-refractivity contribution is 6.04. The molecule has 3 amide bonds. The minimum atomic E-state index is -1.16. The van der Waals surface area contributed by atoms with Crippen molar-refractivity contribution in [1.82, 2.24) is 20.3 Å². The third-order valence-corrected chi connectivity index (χ3v) is 5.82. The molecule has 1 fully saturated rings. The van der Waals surface area contributed by atoms with Gasteiger partial charge in [-0.25, -0.2) is 19.7 Å². The summed E-state index contributed by atoms with van der Waals surface area (Å²) in [5, 5.41) is 15.1. The largest absolute Gasteiger partial charge is 0.492 e. The van der Waals surface area contributed by atoms with Crippen molar-refractivity contribution in [1.29, 1.82) is 0 Å². The molecule has 0 aliphatic carbocycles. The van der Waals surface area contributed by atoms with Crippen LogP contribution in [0.1, 0.15) is 50.7 Å². The standard InChI is InChI=1S/C24H33N7O5/c1-4-25-22(32)20-27-14-18-21(29-20)31(16-7-5-10-30(18)15-16)23(33)28-19-9-8-17(13-26-19)35-11-6-12-36-24(2,3)34/h8-9,13-14,16,34H,4-7,10-12,15H2,1-3H3,(H,25,32)(H,26,28,33). The first-order valence-corrected chi connectivity index (χ1v) is 12.2. The van der Waals surface area contributed by atoms with Gasteiger partial charge in [0.1, 0.15) is 11.6 Å². The van der Waals surface area contributed by atoms with E-state index < -0.39 is 5.79 Å². The van der Waals surface area contributed by atoms with Crippen molar-refractivity contribution < 1.29 is 24.2 Å². The number of hydrogen-bond donors (Lipinski definition) is 3. The zero-order chi connectivity index (χ0) is 25.7. The predicted octanol–water partition coefficient (Wildman–Crippen LogP) is 2.16. The maximum absolute atomic E-state index is 13.4. The van der Waals surface area contributed by atoms with Gasteiger partial charge >= 0.3 is 6.03 Å². The Labute approximate surface area is 210 Å². The number of carbonyl (C=O) groups excluding carboxylic acids is 2. The van der Waals surface area contributed by atoms with E-state index in [9.17, 15) is 14.7 Å². The number of aliphatic hydroxyl groups is 1. The number of anilines is 3. The van der Waals surface area contributed by atoms with Crippen LogP contribution >= 0.6 is 0 Å². The van der Waals surface area contributed by atoms with Gasteiger partial charge in [0.25, 0.3) is 5.91 Å². The average molecular weight is 500 g/mol. The summed E-state index contributed by atoms with van der Waals surface area (Å²) in [5.41, 5.74) is 0.736. The Kier molecular flexibility index (Phi) is 7.85. The van der Waals surface area contributed by atoms with E-state index >= 15 is 0 Å². The average Bonchev–Trinajstić information content (AvgIpc) is 2.84. The van der Waals surface area contributed by atoms with Crippen LogP contribution in [0.25, 0.3) is 0 Å². The van der Waals surface area contributed by atoms with E-state index in [-0.39, 0.29) is 23.8 Å². The molecular weight excluding hydrogens is 466 g/mol. The molecule has 2 bridgehead atoms. The zero-order valence-corrected chi connectivity index (χ0v) is 20.9. The molecule has 1 saturated heterocycles. The second kappa shape index (κ2) is 11.0. The number of piperidine rings is 1. The highest BCUT2D eigenvalue weighted by atomic mass is 16.6. The van der Waals surface area contributed by atoms with Gasteiger partial charge in [-0.05, 0) is 45.7 Å². The molecule has 12 nitrogen and oxygen atoms in total. The number of amides is 3. The van der Waals surface area contributed by atoms with Crippen molar-refractivity contribution in [3.8, 4) is 5.75 Å². The van der Waals surface area contributed by atoms with Gasteiger partial charge in [-0.15, -0.1) is 0 Å². The summed E-state index contributed by atoms with van der Waals surface area (Å²) in [6.07, 6.45) is 5.54. The lowest BCUT2D eigenvalue weighted by Crippen LogP contribution is -2.56. The van der Waals surface area contributed by atoms with Gasteiger partial charge in [0.2, 0.25) is 5.82 Å². The molecule has 0 spiro atoms. The molecule has 12 heteroatoms. The number of nitrogens with one attached hydrogen (secondary N) is 2. The van der Waals surface area contributed by atoms with Gasteiger partial charge < -0.3 is 24.8 Å². The molecule has 2 aromatic heterocycles. The van der Waals surface area contributed by atoms with Crippen LogP contribution in [0.15, 0.2) is 24.5 Å². The van der Waals surface area contributed by atoms with Crippen LogP contribution in [0.4, 0.5) is 22.1 Å². The molecule has 0 radical (unpaired) electrons. The minimum Gasteiger partial charge on any atom is -0.492 e. The first-order valence-electron chi connectivity index (χ1n) is 12.2. The van der Waals surface area contributed by atoms with Crippen molar-refractivity contribution in [2.45, 2.75) is 51.9 Å². The molecule has 1 atom stereocenters. The van der Waals surface area contributed by atoms with Crippen LogP contribution in [0, 0.1) is 0 Å². The number of urea groups is 1. The number of rotatable bonds is 9. The van der Waals surface area contributed by atoms with Crippen LogP contribution < -0.4 is 25.2 Å². The highest BCUT2D eigenvalue weighted by Crippen LogP contribution is 2.37. The molecule has 194 valence electrons. The Bertz CT molecular complexity index is 1070. The number of fused-ring (bicyclic) bond motifs is 4. The van der Waals surface area contributed by atoms with Gasteiger partial charge in [-0.1, -0.05) is 0 Å². The Morgan fingerprint density at radius 3 is 2.78 bits per heavy atom. The Morgan fingerprint density at radius 1 is 1.22 bits per heavy atom. The van der Waals surface area contributed by atoms with Crippen molar-refractivity contribution >= 4 is 29.3 Å². The van der Waals surface area contributed by atoms with Crippen molar-refractivity contribution in [2.75, 3.05) is 48.0 Å². The molecule has 2 aromatic rings. The number of aromatic nitrogens is 3. The second-order valence-corrected chi connectivity index (χ2v) is 9.18. The van der Waals surface area contributed by atoms with Crippen LogP contribution in [0.2, 0.25) is 0 Å². The molecule has 2 aliphatic heterocycles. The van der Waals surface area contributed by atoms with Crippen LogP contribution in [0.3, 0.4) is 0 Å². The van der Waals surface area contributed by atoms with E-state index in [1.165, 1.54) is 6.20 Å². The van der Waals surface area contributed by atoms with E-state index in [4.69, 9.17) is 9.47 Å². The van der Waals surface area contributed by atoms with Gasteiger partial charge in [0.15, 0.2) is 11.6 Å². The minimum absolute atomic E-state index is 0.0298. The van der Waals surface area contributed by atoms with E-state index in [1.807, 2.05) is 6.92 Å². The number of hydrogen-bond acceptors (Lipinski definition) is 9. The Balaban J connectivity index is 1.42. The predicted molar refractivity (Wildman–Crippen MR) is 133 cm³/mol. The normalized spacial score (nSPS) is 16.8. The van der Waals surface area contributed by atoms with Crippen LogP contribution in [-0.2, 0) is 4.74 Å². The molecule has 1 unspecified atom stereocenters. The quantitative estimate of drug-likeness (QED) is 0.349. The Hall–Kier alpha value is -3.51. The van der Waals surface area contributed by atoms with E-state index in [0.29, 0.717) is 50.1 Å². The van der Waals surface area contributed by atoms with Crippen molar-refractivity contribution in [2.24, 2.45) is 0 Å². The van der Waals surface area contributed by atoms with Crippen molar-refractivity contribution in [3.05, 3.63) is 30.4 Å². The molecule has 3 N–H and O–H groups in total. The first-order chi connectivity index (χ1) is 17.2. The first kappa shape index (κ1) is 25.6. The van der Waals surface area contributed by atoms with Gasteiger partial charge in [-0.2, -0.15) is 0 Å². The monoisotopic (exact) mass is 499 g/mol. The summed E-state index contributed by atoms with van der Waals surface area (Å²) in [6.45, 7) is 7.74. The lowest BCUT2D eigenvalue weighted by molar-refractivity contribution is -0.176. The lowest BCUT2D eigenvalue weighted by atomic mass is 10.0. The van der Waals surface area contributed by atoms with Crippen LogP contribution in [0.5, 0.6) is 5.75 Å². The van der Waals surface area contributed by atoms with Gasteiger partial charge in [0, 0.05) is 26.1 Å². The third kappa shape index (κ3) is 6.18. The number of carbonyl (C=O) groups is 2. The summed E-state index contributed by atoms with van der Waals surface area (Å²) >= 11 is 0. The molecule has 4 rings (SSSR count). The van der Waals surface area contributed by atoms with Crippen molar-refractivity contribution in [3.63, 3.8) is 0 Å². The topological polar surface area (TPSA) is 142 Å². The smallest absolute Gasteiger partial charge is 0.329 e. The third-order valence-electron chi connectivity index (χ3n) is 5.82. The summed E-state index contributed by atoms with van der Waals surface area (Å²) in [7, 11) is 0. The second-order valence-electron chi connectivity index (χ2n) is 9.18. The van der Waals surface area contributed by atoms with Gasteiger partial charge in [-0.3, -0.25) is 15.0 Å². The van der Waals surface area contributed by atoms with E-state index in [2.05, 4.69) is 30.5 Å². The van der Waals surface area contributed by atoms with E-state index in [1.54, 1.807) is 37.1 Å². The summed E-state index contributed by atoms with van der Waals surface area (Å²) in [5.74, 6) is -0.162. The molecule has 36 heavy (non-hydrogen) atoms. The fraction of sp³-hybridized carbons (Fsp3) is 0.542. The zero-order valence-electron chi connectivity index (χ0n) is 20.9. The molecule has 4 heterocycles. The Morgan fingerprint density at radius 2 is 2.06 bits per heavy atom. The summed E-state index contributed by atoms with van der Waals surface area (Å²) < 4.78 is 10.9. The summed E-state index contributed by atoms with van der Waals surface area (Å²) in [6, 6.07) is 2.95. The van der Waals surface area contributed by atoms with Gasteiger partial charge in [0.05, 0.1) is 37.3 Å². The fourth-order valence-corrected chi connectivity index (χ4v) is 4.22. The van der Waals surface area contributed by atoms with Crippen LogP contribution in [-0.4, -0.2) is 76.7 Å². The summed E-state index contributed by atoms with van der Waals surface area (Å²) in [4.78, 5) is 42.5. The SMILES string of the molecule is CCNC(=O)c1ncc2c(n1)N(C(=O)Nc1ccc(OCCCOC(C)(C)O)cn1)C1CCCN2C1. The number of ether oxygens (including phenoxy) is 2. The van der Waals surface area contributed by atoms with E-state index in [0.717, 1.165) is 25.1 Å². The molecule has 0 aromatic carbocycles. The molecule has 2 aliphatic rings. The number of pyridine rings is 1. The maximum atomic E-state index is 13.4. The highest BCUT2D eigenvalue weighted by Gasteiger charge is 2.39. The number of nitrogens with zero attached hydrogens (tertiary/aromatic N) is 5. The molecular formula is C24H33N7O5. The fourth-order valence-electron chi connectivity index (χ4n) is 4.22. The maximum Gasteiger partial charge on any atom is 0.329 e.